The molecule has 3 N–H and O–H groups in total. The third-order valence-corrected chi connectivity index (χ3v) is 1.82. The summed E-state index contributed by atoms with van der Waals surface area (Å²) in [4.78, 5) is 11.4. The lowest BCUT2D eigenvalue weighted by Gasteiger charge is -2.15. The molecule has 4 nitrogen and oxygen atoms in total. The van der Waals surface area contributed by atoms with Gasteiger partial charge in [0.25, 0.3) is 0 Å². The molecule has 5 heteroatoms. The van der Waals surface area contributed by atoms with Gasteiger partial charge in [-0.1, -0.05) is 25.6 Å². The summed E-state index contributed by atoms with van der Waals surface area (Å²) in [6.45, 7) is 2.05. The van der Waals surface area contributed by atoms with Crippen molar-refractivity contribution < 1.29 is 9.53 Å². The molecule has 0 saturated carbocycles. The first kappa shape index (κ1) is 12.3. The molecule has 0 radical (unpaired) electrons. The molecule has 1 atom stereocenters. The summed E-state index contributed by atoms with van der Waals surface area (Å²) >= 11 is 4.81. The second kappa shape index (κ2) is 6.80. The summed E-state index contributed by atoms with van der Waals surface area (Å²) < 4.78 is 4.67. The average molecular weight is 204 g/mol. The lowest BCUT2D eigenvalue weighted by molar-refractivity contribution is -0.125. The molecule has 0 aromatic carbocycles. The van der Waals surface area contributed by atoms with E-state index in [1.54, 1.807) is 0 Å². The maximum absolute atomic E-state index is 11.1. The number of amides is 1. The van der Waals surface area contributed by atoms with E-state index >= 15 is 0 Å². The number of rotatable bonds is 6. The van der Waals surface area contributed by atoms with Gasteiger partial charge in [0.1, 0.15) is 6.61 Å². The zero-order valence-electron chi connectivity index (χ0n) is 8.00. The van der Waals surface area contributed by atoms with Crippen molar-refractivity contribution in [3.8, 4) is 0 Å². The van der Waals surface area contributed by atoms with Crippen molar-refractivity contribution in [2.45, 2.75) is 25.8 Å². The van der Waals surface area contributed by atoms with Gasteiger partial charge < -0.3 is 15.8 Å². The Labute approximate surface area is 83.8 Å². The lowest BCUT2D eigenvalue weighted by atomic mass is 10.1. The molecule has 0 fully saturated rings. The van der Waals surface area contributed by atoms with Crippen LogP contribution in [0.1, 0.15) is 19.8 Å². The highest BCUT2D eigenvalue weighted by Gasteiger charge is 2.13. The van der Waals surface area contributed by atoms with Gasteiger partial charge >= 0.3 is 0 Å². The maximum Gasteiger partial charge on any atom is 0.246 e. The van der Waals surface area contributed by atoms with Crippen LogP contribution in [0.3, 0.4) is 0 Å². The van der Waals surface area contributed by atoms with Crippen molar-refractivity contribution in [2.75, 3.05) is 13.7 Å². The van der Waals surface area contributed by atoms with Crippen molar-refractivity contribution in [3.63, 3.8) is 0 Å². The topological polar surface area (TPSA) is 64.3 Å². The Morgan fingerprint density at radius 1 is 1.69 bits per heavy atom. The minimum absolute atomic E-state index is 0.0445. The Hall–Kier alpha value is -0.680. The van der Waals surface area contributed by atoms with Gasteiger partial charge in [0.05, 0.1) is 11.0 Å². The van der Waals surface area contributed by atoms with Crippen LogP contribution in [0.4, 0.5) is 0 Å². The molecule has 0 bridgehead atoms. The molecule has 0 aromatic heterocycles. The molecule has 0 heterocycles. The zero-order chi connectivity index (χ0) is 10.3. The average Bonchev–Trinajstić information content (AvgIpc) is 2.04. The third-order valence-electron chi connectivity index (χ3n) is 1.53. The van der Waals surface area contributed by atoms with E-state index in [4.69, 9.17) is 18.0 Å². The van der Waals surface area contributed by atoms with E-state index in [2.05, 4.69) is 10.1 Å². The van der Waals surface area contributed by atoms with Crippen LogP contribution in [0.25, 0.3) is 0 Å². The van der Waals surface area contributed by atoms with Crippen molar-refractivity contribution >= 4 is 23.1 Å². The van der Waals surface area contributed by atoms with Crippen LogP contribution in [0.5, 0.6) is 0 Å². The van der Waals surface area contributed by atoms with Gasteiger partial charge in [0.15, 0.2) is 0 Å². The van der Waals surface area contributed by atoms with Crippen molar-refractivity contribution in [1.82, 2.24) is 5.32 Å². The molecule has 0 aliphatic carbocycles. The molecule has 0 aromatic rings. The molecular formula is C8H16N2O2S. The van der Waals surface area contributed by atoms with E-state index in [0.717, 1.165) is 12.8 Å². The van der Waals surface area contributed by atoms with E-state index in [9.17, 15) is 4.79 Å². The largest absolute Gasteiger partial charge is 0.392 e. The molecule has 0 aliphatic heterocycles. The number of hydrogen-bond acceptors (Lipinski definition) is 3. The lowest BCUT2D eigenvalue weighted by Crippen LogP contribution is -2.44. The number of ether oxygens (including phenoxy) is 1. The van der Waals surface area contributed by atoms with Gasteiger partial charge in [0, 0.05) is 7.11 Å². The summed E-state index contributed by atoms with van der Waals surface area (Å²) in [5, 5.41) is 2.69. The van der Waals surface area contributed by atoms with Crippen molar-refractivity contribution in [2.24, 2.45) is 5.73 Å². The van der Waals surface area contributed by atoms with E-state index in [-0.39, 0.29) is 18.6 Å². The number of carbonyl (C=O) groups is 1. The summed E-state index contributed by atoms with van der Waals surface area (Å²) in [6, 6.07) is -0.206. The minimum Gasteiger partial charge on any atom is -0.392 e. The van der Waals surface area contributed by atoms with Gasteiger partial charge in [-0.05, 0) is 6.42 Å². The fraction of sp³-hybridized carbons (Fsp3) is 0.750. The number of carbonyl (C=O) groups excluding carboxylic acids is 1. The number of nitrogens with two attached hydrogens (primary N) is 1. The molecule has 0 spiro atoms. The fourth-order valence-electron chi connectivity index (χ4n) is 0.941. The quantitative estimate of drug-likeness (QED) is 0.607. The van der Waals surface area contributed by atoms with Gasteiger partial charge in [-0.3, -0.25) is 4.79 Å². The van der Waals surface area contributed by atoms with Crippen LogP contribution in [-0.2, 0) is 9.53 Å². The van der Waals surface area contributed by atoms with Crippen molar-refractivity contribution in [3.05, 3.63) is 0 Å². The van der Waals surface area contributed by atoms with Gasteiger partial charge in [-0.2, -0.15) is 0 Å². The van der Waals surface area contributed by atoms with Gasteiger partial charge in [-0.25, -0.2) is 0 Å². The number of hydrogen-bond donors (Lipinski definition) is 2. The number of nitrogens with one attached hydrogen (secondary N) is 1. The summed E-state index contributed by atoms with van der Waals surface area (Å²) in [7, 11) is 1.47. The third kappa shape index (κ3) is 5.54. The molecule has 1 amide bonds. The van der Waals surface area contributed by atoms with Crippen molar-refractivity contribution in [1.29, 1.82) is 0 Å². The van der Waals surface area contributed by atoms with Crippen LogP contribution < -0.4 is 11.1 Å². The SMILES string of the molecule is CCCC(NC(=O)COC)C(N)=S. The standard InChI is InChI=1S/C8H16N2O2S/c1-3-4-6(8(9)13)10-7(11)5-12-2/h6H,3-5H2,1-2H3,(H2,9,13)(H,10,11). The first-order valence-electron chi connectivity index (χ1n) is 4.19. The molecule has 1 unspecified atom stereocenters. The van der Waals surface area contributed by atoms with Gasteiger partial charge in [0.2, 0.25) is 5.91 Å². The van der Waals surface area contributed by atoms with Gasteiger partial charge in [-0.15, -0.1) is 0 Å². The Morgan fingerprint density at radius 2 is 2.31 bits per heavy atom. The number of methoxy groups -OCH3 is 1. The number of thiocarbonyl (C=S) groups is 1. The maximum atomic E-state index is 11.1. The predicted octanol–water partition coefficient (Wildman–Crippen LogP) is 0.204. The van der Waals surface area contributed by atoms with E-state index in [1.807, 2.05) is 6.92 Å². The van der Waals surface area contributed by atoms with Crippen LogP contribution in [-0.4, -0.2) is 30.7 Å². The van der Waals surface area contributed by atoms with Crippen LogP contribution in [0.2, 0.25) is 0 Å². The van der Waals surface area contributed by atoms with E-state index in [0.29, 0.717) is 4.99 Å². The Kier molecular flexibility index (Phi) is 6.44. The van der Waals surface area contributed by atoms with Crippen LogP contribution >= 0.6 is 12.2 Å². The highest BCUT2D eigenvalue weighted by molar-refractivity contribution is 7.80. The van der Waals surface area contributed by atoms with E-state index < -0.39 is 0 Å². The second-order valence-electron chi connectivity index (χ2n) is 2.74. The molecule has 0 saturated heterocycles. The highest BCUT2D eigenvalue weighted by Crippen LogP contribution is 1.96. The summed E-state index contributed by atoms with van der Waals surface area (Å²) in [5.74, 6) is -0.186. The first-order chi connectivity index (χ1) is 6.11. The molecule has 76 valence electrons. The summed E-state index contributed by atoms with van der Waals surface area (Å²) in [6.07, 6.45) is 1.69. The monoisotopic (exact) mass is 204 g/mol. The smallest absolute Gasteiger partial charge is 0.246 e. The van der Waals surface area contributed by atoms with Crippen LogP contribution in [0.15, 0.2) is 0 Å². The molecular weight excluding hydrogens is 188 g/mol. The van der Waals surface area contributed by atoms with E-state index in [1.165, 1.54) is 7.11 Å². The summed E-state index contributed by atoms with van der Waals surface area (Å²) in [5.41, 5.74) is 5.44. The molecule has 13 heavy (non-hydrogen) atoms. The highest BCUT2D eigenvalue weighted by atomic mass is 32.1. The Balaban J connectivity index is 3.94. The Bertz CT molecular complexity index is 185. The predicted molar refractivity (Wildman–Crippen MR) is 55.5 cm³/mol. The first-order valence-corrected chi connectivity index (χ1v) is 4.60. The Morgan fingerprint density at radius 3 is 2.69 bits per heavy atom. The second-order valence-corrected chi connectivity index (χ2v) is 3.22. The minimum atomic E-state index is -0.206. The zero-order valence-corrected chi connectivity index (χ0v) is 8.82. The molecule has 0 rings (SSSR count). The normalized spacial score (nSPS) is 12.2. The van der Waals surface area contributed by atoms with Crippen LogP contribution in [0, 0.1) is 0 Å². The molecule has 0 aliphatic rings. The fourth-order valence-corrected chi connectivity index (χ4v) is 1.12.